The second-order valence-corrected chi connectivity index (χ2v) is 6.00. The number of nitrogens with one attached hydrogen (secondary N) is 2. The van der Waals surface area contributed by atoms with Crippen LogP contribution in [-0.2, 0) is 9.53 Å². The summed E-state index contributed by atoms with van der Waals surface area (Å²) in [4.78, 5) is 30.5. The fraction of sp³-hybridized carbons (Fsp3) is 0.357. The van der Waals surface area contributed by atoms with Gasteiger partial charge in [0.25, 0.3) is 0 Å². The van der Waals surface area contributed by atoms with Gasteiger partial charge in [-0.1, -0.05) is 6.92 Å². The van der Waals surface area contributed by atoms with Gasteiger partial charge in [-0.15, -0.1) is 11.3 Å². The quantitative estimate of drug-likeness (QED) is 0.850. The molecule has 2 aromatic heterocycles. The number of anilines is 1. The predicted molar refractivity (Wildman–Crippen MR) is 79.1 cm³/mol. The summed E-state index contributed by atoms with van der Waals surface area (Å²) >= 11 is 1.37. The van der Waals surface area contributed by atoms with Crippen LogP contribution in [0.15, 0.2) is 17.6 Å². The third-order valence-corrected chi connectivity index (χ3v) is 4.32. The van der Waals surface area contributed by atoms with E-state index >= 15 is 0 Å². The first-order valence-corrected chi connectivity index (χ1v) is 7.50. The molecule has 21 heavy (non-hydrogen) atoms. The predicted octanol–water partition coefficient (Wildman–Crippen LogP) is 2.52. The van der Waals surface area contributed by atoms with Crippen LogP contribution in [0.2, 0.25) is 0 Å². The zero-order valence-electron chi connectivity index (χ0n) is 11.7. The molecule has 7 heteroatoms. The summed E-state index contributed by atoms with van der Waals surface area (Å²) in [6.45, 7) is 2.06. The van der Waals surface area contributed by atoms with Crippen molar-refractivity contribution in [3.8, 4) is 11.3 Å². The molecular formula is C14H15N3O3S. The Balaban J connectivity index is 1.71. The number of methoxy groups -OCH3 is 1. The van der Waals surface area contributed by atoms with E-state index in [1.807, 2.05) is 5.38 Å². The molecule has 1 aliphatic rings. The molecule has 2 N–H and O–H groups in total. The Morgan fingerprint density at radius 2 is 2.29 bits per heavy atom. The monoisotopic (exact) mass is 305 g/mol. The van der Waals surface area contributed by atoms with Gasteiger partial charge < -0.3 is 15.0 Å². The van der Waals surface area contributed by atoms with E-state index in [9.17, 15) is 9.59 Å². The maximum absolute atomic E-state index is 11.9. The third kappa shape index (κ3) is 2.82. The summed E-state index contributed by atoms with van der Waals surface area (Å²) in [5.41, 5.74) is 1.87. The average molecular weight is 305 g/mol. The minimum Gasteiger partial charge on any atom is -0.464 e. The number of aromatic amines is 1. The Kier molecular flexibility index (Phi) is 3.50. The van der Waals surface area contributed by atoms with Gasteiger partial charge in [-0.25, -0.2) is 9.78 Å². The van der Waals surface area contributed by atoms with Crippen molar-refractivity contribution in [2.45, 2.75) is 13.3 Å². The van der Waals surface area contributed by atoms with Crippen molar-refractivity contribution in [3.05, 3.63) is 23.3 Å². The lowest BCUT2D eigenvalue weighted by molar-refractivity contribution is -0.117. The maximum Gasteiger partial charge on any atom is 0.354 e. The van der Waals surface area contributed by atoms with Gasteiger partial charge in [0.15, 0.2) is 5.13 Å². The van der Waals surface area contributed by atoms with Crippen LogP contribution in [0.25, 0.3) is 11.3 Å². The van der Waals surface area contributed by atoms with E-state index < -0.39 is 5.97 Å². The second kappa shape index (κ2) is 5.33. The van der Waals surface area contributed by atoms with Crippen LogP contribution in [0.5, 0.6) is 0 Å². The SMILES string of the molecule is COC(=O)c1cc(-c2csc(NC(=O)[C@H]3C[C@@H]3C)n2)c[nH]1. The number of carbonyl (C=O) groups excluding carboxylic acids is 2. The van der Waals surface area contributed by atoms with Crippen LogP contribution < -0.4 is 5.32 Å². The molecule has 0 aromatic carbocycles. The zero-order valence-corrected chi connectivity index (χ0v) is 12.5. The van der Waals surface area contributed by atoms with Gasteiger partial charge in [-0.05, 0) is 18.4 Å². The first-order chi connectivity index (χ1) is 10.1. The summed E-state index contributed by atoms with van der Waals surface area (Å²) in [5.74, 6) is 0.202. The Labute approximate surface area is 125 Å². The lowest BCUT2D eigenvalue weighted by Gasteiger charge is -1.98. The van der Waals surface area contributed by atoms with Gasteiger partial charge in [0.05, 0.1) is 12.8 Å². The van der Waals surface area contributed by atoms with E-state index in [1.165, 1.54) is 18.4 Å². The standard InChI is InChI=1S/C14H15N3O3S/c1-7-3-9(7)12(18)17-14-16-11(6-21-14)8-4-10(15-5-8)13(19)20-2/h4-7,9,15H,3H2,1-2H3,(H,16,17,18)/t7-,9-/m0/s1. The number of carbonyl (C=O) groups is 2. The molecule has 0 unspecified atom stereocenters. The van der Waals surface area contributed by atoms with Gasteiger partial charge in [-0.3, -0.25) is 4.79 Å². The van der Waals surface area contributed by atoms with E-state index in [0.717, 1.165) is 12.0 Å². The molecule has 0 aliphatic heterocycles. The fourth-order valence-electron chi connectivity index (χ4n) is 2.12. The summed E-state index contributed by atoms with van der Waals surface area (Å²) in [7, 11) is 1.33. The van der Waals surface area contributed by atoms with Crippen molar-refractivity contribution >= 4 is 28.3 Å². The number of ether oxygens (including phenoxy) is 1. The zero-order chi connectivity index (χ0) is 15.0. The highest BCUT2D eigenvalue weighted by Gasteiger charge is 2.39. The molecule has 0 spiro atoms. The molecule has 6 nitrogen and oxygen atoms in total. The maximum atomic E-state index is 11.9. The highest BCUT2D eigenvalue weighted by molar-refractivity contribution is 7.14. The van der Waals surface area contributed by atoms with Crippen molar-refractivity contribution in [2.24, 2.45) is 11.8 Å². The molecule has 2 atom stereocenters. The van der Waals surface area contributed by atoms with Gasteiger partial charge in [0.2, 0.25) is 5.91 Å². The van der Waals surface area contributed by atoms with Crippen LogP contribution in [0.3, 0.4) is 0 Å². The molecule has 1 fully saturated rings. The van der Waals surface area contributed by atoms with Crippen LogP contribution in [-0.4, -0.2) is 29.0 Å². The summed E-state index contributed by atoms with van der Waals surface area (Å²) in [5, 5.41) is 5.25. The molecule has 110 valence electrons. The summed E-state index contributed by atoms with van der Waals surface area (Å²) < 4.78 is 4.64. The topological polar surface area (TPSA) is 84.1 Å². The Hall–Kier alpha value is -2.15. The Bertz CT molecular complexity index is 691. The fourth-order valence-corrected chi connectivity index (χ4v) is 2.84. The summed E-state index contributed by atoms with van der Waals surface area (Å²) in [6, 6.07) is 1.68. The Morgan fingerprint density at radius 1 is 1.52 bits per heavy atom. The number of hydrogen-bond donors (Lipinski definition) is 2. The lowest BCUT2D eigenvalue weighted by atomic mass is 10.2. The number of H-pyrrole nitrogens is 1. The number of rotatable bonds is 4. The number of esters is 1. The van der Waals surface area contributed by atoms with Crippen molar-refractivity contribution in [3.63, 3.8) is 0 Å². The molecule has 0 radical (unpaired) electrons. The van der Waals surface area contributed by atoms with E-state index in [2.05, 4.69) is 26.9 Å². The molecule has 2 aromatic rings. The third-order valence-electron chi connectivity index (χ3n) is 3.56. The first-order valence-electron chi connectivity index (χ1n) is 6.62. The van der Waals surface area contributed by atoms with E-state index in [1.54, 1.807) is 12.3 Å². The second-order valence-electron chi connectivity index (χ2n) is 5.14. The van der Waals surface area contributed by atoms with Crippen molar-refractivity contribution in [1.82, 2.24) is 9.97 Å². The van der Waals surface area contributed by atoms with Crippen LogP contribution in [0.1, 0.15) is 23.8 Å². The molecule has 3 rings (SSSR count). The normalized spacial score (nSPS) is 20.1. The minimum absolute atomic E-state index is 0.0349. The molecular weight excluding hydrogens is 290 g/mol. The highest BCUT2D eigenvalue weighted by atomic mass is 32.1. The number of aromatic nitrogens is 2. The van der Waals surface area contributed by atoms with Crippen molar-refractivity contribution < 1.29 is 14.3 Å². The van der Waals surface area contributed by atoms with Gasteiger partial charge >= 0.3 is 5.97 Å². The van der Waals surface area contributed by atoms with E-state index in [4.69, 9.17) is 0 Å². The van der Waals surface area contributed by atoms with Gasteiger partial charge in [0.1, 0.15) is 5.69 Å². The number of amides is 1. The smallest absolute Gasteiger partial charge is 0.354 e. The molecule has 0 saturated heterocycles. The van der Waals surface area contributed by atoms with Crippen LogP contribution in [0, 0.1) is 11.8 Å². The molecule has 2 heterocycles. The van der Waals surface area contributed by atoms with Crippen molar-refractivity contribution in [1.29, 1.82) is 0 Å². The van der Waals surface area contributed by atoms with Crippen LogP contribution in [0.4, 0.5) is 5.13 Å². The number of thiazole rings is 1. The summed E-state index contributed by atoms with van der Waals surface area (Å²) in [6.07, 6.45) is 2.64. The van der Waals surface area contributed by atoms with E-state index in [-0.39, 0.29) is 11.8 Å². The molecule has 1 aliphatic carbocycles. The largest absolute Gasteiger partial charge is 0.464 e. The lowest BCUT2D eigenvalue weighted by Crippen LogP contribution is -2.14. The van der Waals surface area contributed by atoms with Gasteiger partial charge in [-0.2, -0.15) is 0 Å². The highest BCUT2D eigenvalue weighted by Crippen LogP contribution is 2.38. The first kappa shape index (κ1) is 13.8. The molecule has 0 bridgehead atoms. The minimum atomic E-state index is -0.423. The van der Waals surface area contributed by atoms with Gasteiger partial charge in [0, 0.05) is 23.1 Å². The van der Waals surface area contributed by atoms with Crippen molar-refractivity contribution in [2.75, 3.05) is 12.4 Å². The van der Waals surface area contributed by atoms with E-state index in [0.29, 0.717) is 22.4 Å². The average Bonchev–Trinajstić information content (AvgIpc) is 2.90. The number of hydrogen-bond acceptors (Lipinski definition) is 5. The molecule has 1 saturated carbocycles. The van der Waals surface area contributed by atoms with Crippen LogP contribution >= 0.6 is 11.3 Å². The Morgan fingerprint density at radius 3 is 2.95 bits per heavy atom. The number of nitrogens with zero attached hydrogens (tertiary/aromatic N) is 1. The molecule has 1 amide bonds.